The third-order valence-electron chi connectivity index (χ3n) is 11.3. The van der Waals surface area contributed by atoms with Gasteiger partial charge in [-0.3, -0.25) is 9.59 Å². The number of amides is 1. The van der Waals surface area contributed by atoms with Crippen molar-refractivity contribution in [3.63, 3.8) is 0 Å². The third kappa shape index (κ3) is 42.0. The zero-order chi connectivity index (χ0) is 40.1. The number of carbonyl (C=O) groups is 2. The van der Waals surface area contributed by atoms with E-state index in [9.17, 15) is 19.8 Å². The smallest absolute Gasteiger partial charge is 0.305 e. The number of aliphatic hydroxyl groups excluding tert-OH is 2. The number of unbranched alkanes of at least 4 members (excludes halogenated alkanes) is 32. The van der Waals surface area contributed by atoms with E-state index in [1.165, 1.54) is 180 Å². The standard InChI is InChI=1S/C49H95NO5/c1-3-5-7-9-11-13-14-15-20-23-27-31-35-39-43-49(54)55-44-40-36-32-28-24-21-18-16-17-19-22-26-30-34-38-42-48(53)50-46(45-51)47(52)41-37-33-29-25-12-10-8-6-4-2/h14-15,46-47,51-52H,3-13,16-45H2,1-2H3,(H,50,53)/b15-14-. The fourth-order valence-electron chi connectivity index (χ4n) is 7.51. The second kappa shape index (κ2) is 45.3. The van der Waals surface area contributed by atoms with Crippen molar-refractivity contribution in [2.24, 2.45) is 0 Å². The molecule has 0 heterocycles. The molecule has 6 heteroatoms. The van der Waals surface area contributed by atoms with E-state index < -0.39 is 12.1 Å². The van der Waals surface area contributed by atoms with E-state index in [1.54, 1.807) is 0 Å². The molecule has 0 aromatic heterocycles. The summed E-state index contributed by atoms with van der Waals surface area (Å²) < 4.78 is 5.45. The van der Waals surface area contributed by atoms with Crippen LogP contribution in [0.5, 0.6) is 0 Å². The van der Waals surface area contributed by atoms with Gasteiger partial charge in [-0.2, -0.15) is 0 Å². The number of hydrogen-bond donors (Lipinski definition) is 3. The lowest BCUT2D eigenvalue weighted by molar-refractivity contribution is -0.143. The molecule has 2 atom stereocenters. The van der Waals surface area contributed by atoms with E-state index in [0.29, 0.717) is 25.9 Å². The average molecular weight is 778 g/mol. The Labute approximate surface area is 342 Å². The van der Waals surface area contributed by atoms with Crippen LogP contribution in [-0.4, -0.2) is 47.4 Å². The van der Waals surface area contributed by atoms with E-state index in [2.05, 4.69) is 31.3 Å². The van der Waals surface area contributed by atoms with Gasteiger partial charge in [0.05, 0.1) is 25.4 Å². The van der Waals surface area contributed by atoms with Crippen LogP contribution in [0.15, 0.2) is 12.2 Å². The zero-order valence-electron chi connectivity index (χ0n) is 36.9. The van der Waals surface area contributed by atoms with Gasteiger partial charge in [-0.15, -0.1) is 0 Å². The van der Waals surface area contributed by atoms with Gasteiger partial charge in [0, 0.05) is 12.8 Å². The number of rotatable bonds is 45. The first kappa shape index (κ1) is 53.6. The Morgan fingerprint density at radius 3 is 1.29 bits per heavy atom. The Bertz CT molecular complexity index is 817. The lowest BCUT2D eigenvalue weighted by Gasteiger charge is -2.22. The summed E-state index contributed by atoms with van der Waals surface area (Å²) in [6, 6.07) is -0.545. The molecule has 6 nitrogen and oxygen atoms in total. The van der Waals surface area contributed by atoms with Crippen LogP contribution in [0, 0.1) is 0 Å². The van der Waals surface area contributed by atoms with Crippen LogP contribution in [0.4, 0.5) is 0 Å². The molecule has 0 spiro atoms. The van der Waals surface area contributed by atoms with E-state index in [0.717, 1.165) is 51.4 Å². The van der Waals surface area contributed by atoms with Crippen molar-refractivity contribution >= 4 is 11.9 Å². The Morgan fingerprint density at radius 2 is 0.855 bits per heavy atom. The van der Waals surface area contributed by atoms with Crippen LogP contribution >= 0.6 is 0 Å². The summed E-state index contributed by atoms with van der Waals surface area (Å²) in [7, 11) is 0. The van der Waals surface area contributed by atoms with Gasteiger partial charge in [-0.1, -0.05) is 212 Å². The largest absolute Gasteiger partial charge is 0.466 e. The van der Waals surface area contributed by atoms with Crippen molar-refractivity contribution in [2.75, 3.05) is 13.2 Å². The van der Waals surface area contributed by atoms with Crippen molar-refractivity contribution in [2.45, 2.75) is 276 Å². The van der Waals surface area contributed by atoms with Gasteiger partial charge in [-0.05, 0) is 51.4 Å². The Morgan fingerprint density at radius 1 is 0.491 bits per heavy atom. The van der Waals surface area contributed by atoms with E-state index in [-0.39, 0.29) is 18.5 Å². The molecule has 3 N–H and O–H groups in total. The molecule has 2 unspecified atom stereocenters. The highest BCUT2D eigenvalue weighted by Crippen LogP contribution is 2.16. The van der Waals surface area contributed by atoms with Crippen LogP contribution in [-0.2, 0) is 14.3 Å². The molecule has 0 bridgehead atoms. The molecule has 1 amide bonds. The second-order valence-corrected chi connectivity index (χ2v) is 16.8. The van der Waals surface area contributed by atoms with E-state index in [4.69, 9.17) is 4.74 Å². The number of nitrogens with one attached hydrogen (secondary N) is 1. The Kier molecular flexibility index (Phi) is 44.2. The number of allylic oxidation sites excluding steroid dienone is 2. The van der Waals surface area contributed by atoms with Crippen molar-refractivity contribution in [1.29, 1.82) is 0 Å². The minimum absolute atomic E-state index is 0.00823. The Balaban J connectivity index is 3.41. The SMILES string of the molecule is CCCCCCC/C=C\CCCCCCCC(=O)OCCCCCCCCCCCCCCCCCC(=O)NC(CO)C(O)CCCCCCCCCCC. The van der Waals surface area contributed by atoms with Gasteiger partial charge < -0.3 is 20.3 Å². The molecule has 0 aromatic carbocycles. The average Bonchev–Trinajstić information content (AvgIpc) is 3.18. The number of carbonyl (C=O) groups excluding carboxylic acids is 2. The first-order chi connectivity index (χ1) is 27.0. The molecule has 0 saturated heterocycles. The van der Waals surface area contributed by atoms with Crippen LogP contribution in [0.25, 0.3) is 0 Å². The van der Waals surface area contributed by atoms with Crippen LogP contribution in [0.1, 0.15) is 264 Å². The highest BCUT2D eigenvalue weighted by atomic mass is 16.5. The molecule has 0 fully saturated rings. The fourth-order valence-corrected chi connectivity index (χ4v) is 7.51. The maximum Gasteiger partial charge on any atom is 0.305 e. The van der Waals surface area contributed by atoms with Gasteiger partial charge in [0.15, 0.2) is 0 Å². The molecule has 0 aliphatic rings. The minimum atomic E-state index is -0.667. The minimum Gasteiger partial charge on any atom is -0.466 e. The predicted octanol–water partition coefficient (Wildman–Crippen LogP) is 14.2. The van der Waals surface area contributed by atoms with Crippen molar-refractivity contribution in [3.8, 4) is 0 Å². The van der Waals surface area contributed by atoms with Gasteiger partial charge in [0.2, 0.25) is 5.91 Å². The summed E-state index contributed by atoms with van der Waals surface area (Å²) in [6.07, 6.45) is 50.3. The first-order valence-corrected chi connectivity index (χ1v) is 24.4. The van der Waals surface area contributed by atoms with Gasteiger partial charge >= 0.3 is 5.97 Å². The van der Waals surface area contributed by atoms with Crippen molar-refractivity contribution < 1.29 is 24.5 Å². The molecule has 0 rings (SSSR count). The van der Waals surface area contributed by atoms with E-state index in [1.807, 2.05) is 0 Å². The fraction of sp³-hybridized carbons (Fsp3) is 0.918. The Hall–Kier alpha value is -1.40. The predicted molar refractivity (Wildman–Crippen MR) is 237 cm³/mol. The van der Waals surface area contributed by atoms with Crippen LogP contribution in [0.2, 0.25) is 0 Å². The highest BCUT2D eigenvalue weighted by molar-refractivity contribution is 5.76. The first-order valence-electron chi connectivity index (χ1n) is 24.4. The highest BCUT2D eigenvalue weighted by Gasteiger charge is 2.20. The van der Waals surface area contributed by atoms with Crippen LogP contribution in [0.3, 0.4) is 0 Å². The molecule has 326 valence electrons. The molecule has 0 saturated carbocycles. The summed E-state index contributed by atoms with van der Waals surface area (Å²) in [5, 5.41) is 23.0. The number of ether oxygens (including phenoxy) is 1. The molecule has 0 aliphatic carbocycles. The molecule has 0 radical (unpaired) electrons. The lowest BCUT2D eigenvalue weighted by Crippen LogP contribution is -2.45. The normalized spacial score (nSPS) is 12.7. The number of aliphatic hydroxyl groups is 2. The van der Waals surface area contributed by atoms with Crippen LogP contribution < -0.4 is 5.32 Å². The number of hydrogen-bond acceptors (Lipinski definition) is 5. The quantitative estimate of drug-likeness (QED) is 0.0325. The molecule has 55 heavy (non-hydrogen) atoms. The maximum atomic E-state index is 12.4. The molecular formula is C49H95NO5. The summed E-state index contributed by atoms with van der Waals surface area (Å²) in [6.45, 7) is 4.90. The lowest BCUT2D eigenvalue weighted by atomic mass is 10.0. The van der Waals surface area contributed by atoms with Crippen molar-refractivity contribution in [3.05, 3.63) is 12.2 Å². The van der Waals surface area contributed by atoms with Gasteiger partial charge in [0.1, 0.15) is 0 Å². The summed E-state index contributed by atoms with van der Waals surface area (Å²) in [5.41, 5.74) is 0. The maximum absolute atomic E-state index is 12.4. The second-order valence-electron chi connectivity index (χ2n) is 16.8. The van der Waals surface area contributed by atoms with Crippen molar-refractivity contribution in [1.82, 2.24) is 5.32 Å². The monoisotopic (exact) mass is 778 g/mol. The topological polar surface area (TPSA) is 95.9 Å². The number of esters is 1. The third-order valence-corrected chi connectivity index (χ3v) is 11.3. The molecular weight excluding hydrogens is 683 g/mol. The van der Waals surface area contributed by atoms with E-state index >= 15 is 0 Å². The molecule has 0 aromatic rings. The summed E-state index contributed by atoms with van der Waals surface area (Å²) >= 11 is 0. The summed E-state index contributed by atoms with van der Waals surface area (Å²) in [4.78, 5) is 24.4. The van der Waals surface area contributed by atoms with Gasteiger partial charge in [-0.25, -0.2) is 0 Å². The van der Waals surface area contributed by atoms with Gasteiger partial charge in [0.25, 0.3) is 0 Å². The zero-order valence-corrected chi connectivity index (χ0v) is 36.9. The molecule has 0 aliphatic heterocycles. The summed E-state index contributed by atoms with van der Waals surface area (Å²) in [5.74, 6) is -0.0544.